The highest BCUT2D eigenvalue weighted by molar-refractivity contribution is 8.04. The third-order valence-corrected chi connectivity index (χ3v) is 7.80. The van der Waals surface area contributed by atoms with Crippen LogP contribution in [0.3, 0.4) is 0 Å². The number of thioether (sulfide) groups is 1. The van der Waals surface area contributed by atoms with Crippen molar-refractivity contribution in [1.82, 2.24) is 0 Å². The minimum absolute atomic E-state index is 0.642. The summed E-state index contributed by atoms with van der Waals surface area (Å²) < 4.78 is 0. The second-order valence-electron chi connectivity index (χ2n) is 8.27. The van der Waals surface area contributed by atoms with Crippen LogP contribution in [0.2, 0.25) is 11.6 Å². The van der Waals surface area contributed by atoms with Gasteiger partial charge in [-0.05, 0) is 36.4 Å². The van der Waals surface area contributed by atoms with Crippen LogP contribution in [-0.4, -0.2) is 12.5 Å². The molecule has 0 radical (unpaired) electrons. The Bertz CT molecular complexity index is 358. The van der Waals surface area contributed by atoms with Crippen LogP contribution in [0.25, 0.3) is 0 Å². The summed E-state index contributed by atoms with van der Waals surface area (Å²) in [5.41, 5.74) is 0. The van der Waals surface area contributed by atoms with Crippen molar-refractivity contribution in [2.24, 2.45) is 11.8 Å². The van der Waals surface area contributed by atoms with E-state index in [4.69, 9.17) is 5.26 Å². The van der Waals surface area contributed by atoms with Crippen LogP contribution in [-0.2, 0) is 0 Å². The fraction of sp³-hybridized carbons (Fsp3) is 0.947. The van der Waals surface area contributed by atoms with E-state index in [2.05, 4.69) is 5.40 Å². The minimum Gasteiger partial charge on any atom is -0.185 e. The summed E-state index contributed by atoms with van der Waals surface area (Å²) in [5.74, 6) is 4.18. The second kappa shape index (κ2) is 8.67. The number of nitriles is 1. The van der Waals surface area contributed by atoms with Gasteiger partial charge in [0.1, 0.15) is 12.7 Å². The highest BCUT2D eigenvalue weighted by atomic mass is 32.2. The molecule has 22 heavy (non-hydrogen) atoms. The smallest absolute Gasteiger partial charge is 0.133 e. The average Bonchev–Trinajstić information content (AvgIpc) is 2.58. The molecule has 0 saturated heterocycles. The van der Waals surface area contributed by atoms with E-state index in [0.717, 1.165) is 23.5 Å². The molecule has 0 heterocycles. The molecule has 1 nitrogen and oxygen atoms in total. The summed E-state index contributed by atoms with van der Waals surface area (Å²) in [5, 5.41) is 11.7. The maximum Gasteiger partial charge on any atom is 0.133 e. The lowest BCUT2D eigenvalue weighted by Gasteiger charge is -2.37. The topological polar surface area (TPSA) is 23.8 Å². The molecule has 0 unspecified atom stereocenters. The molecule has 3 aliphatic rings. The molecule has 0 bridgehead atoms. The molecule has 3 heteroatoms. The first-order valence-corrected chi connectivity index (χ1v) is 10.8. The predicted molar refractivity (Wildman–Crippen MR) is 98.6 cm³/mol. The molecular formula is C19H32BNS. The van der Waals surface area contributed by atoms with Crippen LogP contribution < -0.4 is 0 Å². The van der Waals surface area contributed by atoms with Crippen molar-refractivity contribution in [2.75, 3.05) is 0 Å². The van der Waals surface area contributed by atoms with Crippen molar-refractivity contribution in [3.05, 3.63) is 0 Å². The summed E-state index contributed by atoms with van der Waals surface area (Å²) in [6.07, 6.45) is 19.1. The van der Waals surface area contributed by atoms with E-state index >= 15 is 0 Å². The van der Waals surface area contributed by atoms with Crippen LogP contribution >= 0.6 is 11.8 Å². The molecule has 3 fully saturated rings. The predicted octanol–water partition coefficient (Wildman–Crippen LogP) is 5.93. The zero-order chi connectivity index (χ0) is 15.2. The van der Waals surface area contributed by atoms with Gasteiger partial charge in [0.05, 0.1) is 0 Å². The Hall–Kier alpha value is -0.0951. The summed E-state index contributed by atoms with van der Waals surface area (Å²) in [7, 11) is 1.50. The monoisotopic (exact) mass is 317 g/mol. The van der Waals surface area contributed by atoms with Gasteiger partial charge in [-0.2, -0.15) is 5.26 Å². The molecule has 0 aliphatic heterocycles. The Labute approximate surface area is 142 Å². The van der Waals surface area contributed by atoms with Crippen molar-refractivity contribution in [1.29, 1.82) is 5.26 Å². The van der Waals surface area contributed by atoms with Gasteiger partial charge in [-0.1, -0.05) is 82.3 Å². The molecule has 0 N–H and O–H groups in total. The fourth-order valence-corrected chi connectivity index (χ4v) is 6.19. The summed E-state index contributed by atoms with van der Waals surface area (Å²) >= 11 is 1.52. The first kappa shape index (κ1) is 16.8. The molecule has 0 spiro atoms. The van der Waals surface area contributed by atoms with Gasteiger partial charge in [0.15, 0.2) is 0 Å². The van der Waals surface area contributed by atoms with Gasteiger partial charge >= 0.3 is 0 Å². The van der Waals surface area contributed by atoms with Gasteiger partial charge < -0.3 is 0 Å². The first-order chi connectivity index (χ1) is 10.8. The number of hydrogen-bond acceptors (Lipinski definition) is 2. The lowest BCUT2D eigenvalue weighted by Crippen LogP contribution is -2.26. The molecule has 122 valence electrons. The molecule has 3 rings (SSSR count). The Morgan fingerprint density at radius 3 is 1.82 bits per heavy atom. The molecule has 0 atom stereocenters. The van der Waals surface area contributed by atoms with Crippen molar-refractivity contribution < 1.29 is 0 Å². The Morgan fingerprint density at radius 2 is 1.23 bits per heavy atom. The van der Waals surface area contributed by atoms with Crippen LogP contribution in [0.5, 0.6) is 0 Å². The highest BCUT2D eigenvalue weighted by Crippen LogP contribution is 2.44. The van der Waals surface area contributed by atoms with E-state index in [1.165, 1.54) is 103 Å². The standard InChI is InChI=1S/C19H32BNS/c21-14-22-19-12-10-18(11-13-19)20-17-8-6-16(7-9-17)15-4-2-1-3-5-15/h15-20H,1-13H2. The summed E-state index contributed by atoms with van der Waals surface area (Å²) in [6.45, 7) is 0. The second-order valence-corrected chi connectivity index (χ2v) is 9.35. The number of thiocyanates is 1. The third kappa shape index (κ3) is 4.70. The van der Waals surface area contributed by atoms with E-state index in [-0.39, 0.29) is 0 Å². The van der Waals surface area contributed by atoms with E-state index in [0.29, 0.717) is 5.25 Å². The van der Waals surface area contributed by atoms with Gasteiger partial charge in [0, 0.05) is 5.25 Å². The van der Waals surface area contributed by atoms with E-state index in [1.54, 1.807) is 0 Å². The van der Waals surface area contributed by atoms with Gasteiger partial charge in [0.2, 0.25) is 0 Å². The first-order valence-electron chi connectivity index (χ1n) is 9.90. The van der Waals surface area contributed by atoms with Crippen LogP contribution in [0, 0.1) is 22.5 Å². The maximum atomic E-state index is 8.79. The molecule has 0 aromatic carbocycles. The molecule has 0 aromatic rings. The zero-order valence-electron chi connectivity index (χ0n) is 14.1. The number of nitrogens with zero attached hydrogens (tertiary/aromatic N) is 1. The van der Waals surface area contributed by atoms with E-state index in [1.807, 2.05) is 0 Å². The van der Waals surface area contributed by atoms with Crippen molar-refractivity contribution >= 4 is 19.0 Å². The molecule has 3 saturated carbocycles. The molecule has 0 amide bonds. The Kier molecular flexibility index (Phi) is 6.60. The largest absolute Gasteiger partial charge is 0.185 e. The van der Waals surface area contributed by atoms with Gasteiger partial charge in [-0.15, -0.1) is 0 Å². The normalized spacial score (nSPS) is 37.4. The molecule has 0 aromatic heterocycles. The summed E-state index contributed by atoms with van der Waals surface area (Å²) in [4.78, 5) is 0. The van der Waals surface area contributed by atoms with Crippen molar-refractivity contribution in [3.8, 4) is 5.40 Å². The van der Waals surface area contributed by atoms with Crippen molar-refractivity contribution in [3.63, 3.8) is 0 Å². The molecule has 3 aliphatic carbocycles. The SMILES string of the molecule is N#CSC1CCC(BC2CCC(C3CCCCC3)CC2)CC1. The lowest BCUT2D eigenvalue weighted by molar-refractivity contribution is 0.195. The van der Waals surface area contributed by atoms with Crippen molar-refractivity contribution in [2.45, 2.75) is 100 Å². The van der Waals surface area contributed by atoms with Gasteiger partial charge in [-0.25, -0.2) is 0 Å². The van der Waals surface area contributed by atoms with Crippen LogP contribution in [0.15, 0.2) is 0 Å². The van der Waals surface area contributed by atoms with Gasteiger partial charge in [0.25, 0.3) is 0 Å². The fourth-order valence-electron chi connectivity index (χ4n) is 5.53. The lowest BCUT2D eigenvalue weighted by atomic mass is 9.47. The Morgan fingerprint density at radius 1 is 0.682 bits per heavy atom. The van der Waals surface area contributed by atoms with E-state index < -0.39 is 0 Å². The summed E-state index contributed by atoms with van der Waals surface area (Å²) in [6, 6.07) is 0. The average molecular weight is 317 g/mol. The minimum atomic E-state index is 0.642. The number of rotatable bonds is 4. The zero-order valence-corrected chi connectivity index (χ0v) is 15.0. The highest BCUT2D eigenvalue weighted by Gasteiger charge is 2.31. The number of hydrogen-bond donors (Lipinski definition) is 0. The third-order valence-electron chi connectivity index (χ3n) is 6.89. The van der Waals surface area contributed by atoms with Gasteiger partial charge in [-0.3, -0.25) is 0 Å². The van der Waals surface area contributed by atoms with E-state index in [9.17, 15) is 0 Å². The van der Waals surface area contributed by atoms with Crippen LogP contribution in [0.4, 0.5) is 0 Å². The quantitative estimate of drug-likeness (QED) is 0.474. The maximum absolute atomic E-state index is 8.79. The molecular weight excluding hydrogens is 285 g/mol. The Balaban J connectivity index is 1.35. The van der Waals surface area contributed by atoms with Crippen LogP contribution in [0.1, 0.15) is 83.5 Å².